The minimum absolute atomic E-state index is 0.0304. The smallest absolute Gasteiger partial charge is 0.295 e. The Morgan fingerprint density at radius 3 is 2.33 bits per heavy atom. The monoisotopic (exact) mass is 561 g/mol. The molecule has 7 heteroatoms. The number of ether oxygens (including phenoxy) is 3. The molecular formula is C35H31NO6. The summed E-state index contributed by atoms with van der Waals surface area (Å²) >= 11 is 0. The van der Waals surface area contributed by atoms with E-state index in [0.29, 0.717) is 35.7 Å². The van der Waals surface area contributed by atoms with E-state index >= 15 is 0 Å². The average molecular weight is 562 g/mol. The number of benzene rings is 4. The summed E-state index contributed by atoms with van der Waals surface area (Å²) in [4.78, 5) is 28.6. The van der Waals surface area contributed by atoms with Crippen molar-refractivity contribution in [2.45, 2.75) is 38.6 Å². The van der Waals surface area contributed by atoms with Crippen LogP contribution in [0.25, 0.3) is 5.76 Å². The SMILES string of the molecule is COc1cc([C@@H]2C(=C(O)c3ccc4c(c3)C[C@H](C)O4)C(=O)C(=O)N2Cc2ccccc2)ccc1OCc1ccccc1. The molecule has 1 amide bonds. The van der Waals surface area contributed by atoms with Gasteiger partial charge in [0.15, 0.2) is 11.5 Å². The number of hydrogen-bond acceptors (Lipinski definition) is 6. The molecule has 7 nitrogen and oxygen atoms in total. The Balaban J connectivity index is 1.41. The van der Waals surface area contributed by atoms with Gasteiger partial charge in [-0.05, 0) is 59.5 Å². The molecule has 4 aromatic carbocycles. The molecule has 212 valence electrons. The number of carbonyl (C=O) groups is 2. The fourth-order valence-corrected chi connectivity index (χ4v) is 5.60. The molecule has 2 aliphatic heterocycles. The molecule has 1 saturated heterocycles. The largest absolute Gasteiger partial charge is 0.507 e. The minimum Gasteiger partial charge on any atom is -0.507 e. The Labute approximate surface area is 244 Å². The van der Waals surface area contributed by atoms with Gasteiger partial charge in [-0.25, -0.2) is 0 Å². The summed E-state index contributed by atoms with van der Waals surface area (Å²) in [6.07, 6.45) is 0.730. The van der Waals surface area contributed by atoms with E-state index < -0.39 is 17.7 Å². The van der Waals surface area contributed by atoms with Gasteiger partial charge < -0.3 is 24.2 Å². The van der Waals surface area contributed by atoms with Crippen LogP contribution in [0.2, 0.25) is 0 Å². The van der Waals surface area contributed by atoms with Crippen LogP contribution in [0.4, 0.5) is 0 Å². The summed E-state index contributed by atoms with van der Waals surface area (Å²) in [5.74, 6) is 0.111. The van der Waals surface area contributed by atoms with Gasteiger partial charge in [0.05, 0.1) is 18.7 Å². The van der Waals surface area contributed by atoms with E-state index in [2.05, 4.69) is 0 Å². The molecule has 2 aliphatic rings. The molecule has 4 aromatic rings. The van der Waals surface area contributed by atoms with E-state index in [1.54, 1.807) is 31.4 Å². The second-order valence-corrected chi connectivity index (χ2v) is 10.6. The number of carbonyl (C=O) groups excluding carboxylic acids is 2. The zero-order valence-corrected chi connectivity index (χ0v) is 23.4. The van der Waals surface area contributed by atoms with Crippen molar-refractivity contribution in [1.29, 1.82) is 0 Å². The van der Waals surface area contributed by atoms with Crippen molar-refractivity contribution < 1.29 is 28.9 Å². The zero-order chi connectivity index (χ0) is 29.2. The van der Waals surface area contributed by atoms with Crippen molar-refractivity contribution in [1.82, 2.24) is 4.90 Å². The predicted octanol–water partition coefficient (Wildman–Crippen LogP) is 6.22. The van der Waals surface area contributed by atoms with Crippen LogP contribution in [0, 0.1) is 0 Å². The second kappa shape index (κ2) is 11.4. The van der Waals surface area contributed by atoms with Gasteiger partial charge in [-0.15, -0.1) is 0 Å². The molecule has 0 aliphatic carbocycles. The molecule has 2 heterocycles. The topological polar surface area (TPSA) is 85.3 Å². The first-order valence-electron chi connectivity index (χ1n) is 13.9. The fraction of sp³-hybridized carbons (Fsp3) is 0.200. The van der Waals surface area contributed by atoms with Gasteiger partial charge >= 0.3 is 0 Å². The van der Waals surface area contributed by atoms with Gasteiger partial charge in [0.25, 0.3) is 11.7 Å². The van der Waals surface area contributed by atoms with Crippen LogP contribution in [0.3, 0.4) is 0 Å². The Kier molecular flexibility index (Phi) is 7.40. The maximum Gasteiger partial charge on any atom is 0.295 e. The first-order valence-corrected chi connectivity index (χ1v) is 13.9. The van der Waals surface area contributed by atoms with E-state index in [1.807, 2.05) is 79.7 Å². The van der Waals surface area contributed by atoms with Crippen molar-refractivity contribution in [3.8, 4) is 17.2 Å². The molecule has 0 radical (unpaired) electrons. The molecule has 0 spiro atoms. The van der Waals surface area contributed by atoms with Gasteiger partial charge in [0, 0.05) is 18.5 Å². The number of aliphatic hydroxyl groups excluding tert-OH is 1. The second-order valence-electron chi connectivity index (χ2n) is 10.6. The highest BCUT2D eigenvalue weighted by Crippen LogP contribution is 2.43. The molecular weight excluding hydrogens is 530 g/mol. The van der Waals surface area contributed by atoms with Gasteiger partial charge in [0.2, 0.25) is 0 Å². The summed E-state index contributed by atoms with van der Waals surface area (Å²) in [7, 11) is 1.54. The molecule has 0 saturated carbocycles. The van der Waals surface area contributed by atoms with E-state index in [0.717, 1.165) is 22.4 Å². The van der Waals surface area contributed by atoms with Crippen LogP contribution >= 0.6 is 0 Å². The molecule has 6 rings (SSSR count). The highest BCUT2D eigenvalue weighted by Gasteiger charge is 2.46. The number of nitrogens with zero attached hydrogens (tertiary/aromatic N) is 1. The van der Waals surface area contributed by atoms with E-state index in [9.17, 15) is 14.7 Å². The summed E-state index contributed by atoms with van der Waals surface area (Å²) in [6.45, 7) is 2.52. The van der Waals surface area contributed by atoms with Gasteiger partial charge in [-0.2, -0.15) is 0 Å². The quantitative estimate of drug-likeness (QED) is 0.156. The van der Waals surface area contributed by atoms with Gasteiger partial charge in [-0.1, -0.05) is 66.7 Å². The van der Waals surface area contributed by atoms with Crippen LogP contribution in [-0.2, 0) is 29.2 Å². The molecule has 1 fully saturated rings. The predicted molar refractivity (Wildman–Crippen MR) is 158 cm³/mol. The lowest BCUT2D eigenvalue weighted by atomic mass is 9.94. The van der Waals surface area contributed by atoms with Crippen LogP contribution in [0.1, 0.15) is 40.8 Å². The third-order valence-corrected chi connectivity index (χ3v) is 7.65. The standard InChI is InChI=1S/C35H31NO6/c1-22-17-27-18-26(14-15-28(27)42-22)33(37)31-32(36(35(39)34(31)38)20-23-9-5-3-6-10-23)25-13-16-29(30(19-25)40-2)41-21-24-11-7-4-8-12-24/h3-16,18-19,22,32,37H,17,20-21H2,1-2H3/t22-,32+/m0/s1. The van der Waals surface area contributed by atoms with E-state index in [-0.39, 0.29) is 24.0 Å². The zero-order valence-electron chi connectivity index (χ0n) is 23.4. The molecule has 2 atom stereocenters. The normalized spacial score (nSPS) is 19.0. The van der Waals surface area contributed by atoms with Crippen LogP contribution < -0.4 is 14.2 Å². The van der Waals surface area contributed by atoms with E-state index in [4.69, 9.17) is 14.2 Å². The summed E-state index contributed by atoms with van der Waals surface area (Å²) in [5, 5.41) is 11.6. The molecule has 1 N–H and O–H groups in total. The molecule has 0 bridgehead atoms. The molecule has 42 heavy (non-hydrogen) atoms. The third-order valence-electron chi connectivity index (χ3n) is 7.65. The van der Waals surface area contributed by atoms with Crippen LogP contribution in [-0.4, -0.2) is 34.9 Å². The molecule has 0 unspecified atom stereocenters. The maximum absolute atomic E-state index is 13.6. The number of ketones is 1. The third kappa shape index (κ3) is 5.21. The highest BCUT2D eigenvalue weighted by molar-refractivity contribution is 6.46. The maximum atomic E-state index is 13.6. The van der Waals surface area contributed by atoms with Crippen molar-refractivity contribution in [2.24, 2.45) is 0 Å². The number of hydrogen-bond donors (Lipinski definition) is 1. The Morgan fingerprint density at radius 1 is 0.905 bits per heavy atom. The number of fused-ring (bicyclic) bond motifs is 1. The van der Waals surface area contributed by atoms with Gasteiger partial charge in [0.1, 0.15) is 24.2 Å². The number of Topliss-reactive ketones (excluding diaryl/α,β-unsaturated/α-hetero) is 1. The summed E-state index contributed by atoms with van der Waals surface area (Å²) < 4.78 is 17.5. The van der Waals surface area contributed by atoms with Crippen LogP contribution in [0.5, 0.6) is 17.2 Å². The first-order chi connectivity index (χ1) is 20.4. The van der Waals surface area contributed by atoms with Crippen molar-refractivity contribution in [3.63, 3.8) is 0 Å². The van der Waals surface area contributed by atoms with Gasteiger partial charge in [-0.3, -0.25) is 9.59 Å². The number of rotatable bonds is 8. The number of amides is 1. The Hall–Kier alpha value is -5.04. The lowest BCUT2D eigenvalue weighted by Gasteiger charge is -2.26. The number of likely N-dealkylation sites (tertiary alicyclic amines) is 1. The van der Waals surface area contributed by atoms with Crippen molar-refractivity contribution in [3.05, 3.63) is 130 Å². The lowest BCUT2D eigenvalue weighted by Crippen LogP contribution is -2.29. The van der Waals surface area contributed by atoms with Crippen molar-refractivity contribution in [2.75, 3.05) is 7.11 Å². The Bertz CT molecular complexity index is 1660. The van der Waals surface area contributed by atoms with E-state index in [1.165, 1.54) is 4.90 Å². The molecule has 0 aromatic heterocycles. The van der Waals surface area contributed by atoms with Crippen molar-refractivity contribution >= 4 is 17.4 Å². The Morgan fingerprint density at radius 2 is 1.62 bits per heavy atom. The summed E-state index contributed by atoms with van der Waals surface area (Å²) in [6, 6.07) is 29.1. The number of methoxy groups -OCH3 is 1. The lowest BCUT2D eigenvalue weighted by molar-refractivity contribution is -0.140. The highest BCUT2D eigenvalue weighted by atomic mass is 16.5. The average Bonchev–Trinajstić information content (AvgIpc) is 3.51. The fourth-order valence-electron chi connectivity index (χ4n) is 5.60. The van der Waals surface area contributed by atoms with Crippen LogP contribution in [0.15, 0.2) is 103 Å². The minimum atomic E-state index is -0.842. The number of aliphatic hydroxyl groups is 1. The summed E-state index contributed by atoms with van der Waals surface area (Å²) in [5.41, 5.74) is 3.93. The first kappa shape index (κ1) is 27.1.